The van der Waals surface area contributed by atoms with Gasteiger partial charge in [-0.3, -0.25) is 0 Å². The van der Waals surface area contributed by atoms with Crippen LogP contribution in [0.1, 0.15) is 30.9 Å². The van der Waals surface area contributed by atoms with Crippen molar-refractivity contribution in [3.63, 3.8) is 0 Å². The molecule has 0 heterocycles. The highest BCUT2D eigenvalue weighted by molar-refractivity contribution is 8.05. The number of benzene rings is 1. The first kappa shape index (κ1) is 16.1. The predicted molar refractivity (Wildman–Crippen MR) is 91.1 cm³/mol. The van der Waals surface area contributed by atoms with Crippen molar-refractivity contribution in [3.05, 3.63) is 46.7 Å². The normalized spacial score (nSPS) is 16.0. The minimum Gasteiger partial charge on any atom is -0.398 e. The van der Waals surface area contributed by atoms with Crippen LogP contribution in [-0.2, 0) is 15.8 Å². The molecule has 1 fully saturated rings. The number of hydrogen-bond donors (Lipinski definition) is 2. The molecular formula is C15H20N2O2S2. The number of rotatable bonds is 7. The predicted octanol–water partition coefficient (Wildman–Crippen LogP) is 3.09. The second-order valence-electron chi connectivity index (χ2n) is 5.18. The van der Waals surface area contributed by atoms with Crippen LogP contribution in [0.5, 0.6) is 0 Å². The molecule has 0 bridgehead atoms. The lowest BCUT2D eigenvalue weighted by molar-refractivity contribution is 0.580. The van der Waals surface area contributed by atoms with Gasteiger partial charge in [0.2, 0.25) is 10.0 Å². The van der Waals surface area contributed by atoms with Crippen molar-refractivity contribution >= 4 is 33.0 Å². The Labute approximate surface area is 130 Å². The molecule has 0 radical (unpaired) electrons. The summed E-state index contributed by atoms with van der Waals surface area (Å²) >= 11 is 1.49. The zero-order valence-electron chi connectivity index (χ0n) is 12.0. The van der Waals surface area contributed by atoms with Gasteiger partial charge in [0, 0.05) is 17.3 Å². The van der Waals surface area contributed by atoms with Crippen molar-refractivity contribution in [1.82, 2.24) is 4.72 Å². The molecule has 3 N–H and O–H groups in total. The van der Waals surface area contributed by atoms with Crippen molar-refractivity contribution in [2.45, 2.75) is 31.6 Å². The molecule has 0 atom stereocenters. The maximum absolute atomic E-state index is 11.9. The third-order valence-corrected chi connectivity index (χ3v) is 5.25. The number of sulfonamides is 1. The highest BCUT2D eigenvalue weighted by atomic mass is 32.2. The molecule has 1 aromatic carbocycles. The third-order valence-electron chi connectivity index (χ3n) is 3.16. The molecule has 1 aromatic rings. The summed E-state index contributed by atoms with van der Waals surface area (Å²) in [7, 11) is -3.27. The maximum atomic E-state index is 11.9. The Hall–Kier alpha value is -1.24. The fourth-order valence-electron chi connectivity index (χ4n) is 1.99. The molecule has 1 aliphatic rings. The van der Waals surface area contributed by atoms with E-state index in [1.165, 1.54) is 11.8 Å². The minimum atomic E-state index is -3.27. The lowest BCUT2D eigenvalue weighted by Gasteiger charge is -2.10. The smallest absolute Gasteiger partial charge is 0.216 e. The molecule has 0 spiro atoms. The molecule has 0 aliphatic heterocycles. The van der Waals surface area contributed by atoms with Crippen molar-refractivity contribution < 1.29 is 8.42 Å². The monoisotopic (exact) mass is 324 g/mol. The van der Waals surface area contributed by atoms with Gasteiger partial charge < -0.3 is 5.73 Å². The van der Waals surface area contributed by atoms with Crippen LogP contribution in [0.4, 0.5) is 5.69 Å². The SMILES string of the molecule is C=CS/C=C(\C)c1ccc(CS(=O)(=O)NC2CC2)cc1N. The first-order valence-corrected chi connectivity index (χ1v) is 9.32. The van der Waals surface area contributed by atoms with Gasteiger partial charge in [-0.2, -0.15) is 0 Å². The Morgan fingerprint density at radius 3 is 2.81 bits per heavy atom. The number of nitrogens with one attached hydrogen (secondary N) is 1. The molecule has 114 valence electrons. The molecule has 1 saturated carbocycles. The molecule has 0 amide bonds. The number of thioether (sulfide) groups is 1. The zero-order valence-corrected chi connectivity index (χ0v) is 13.6. The second-order valence-corrected chi connectivity index (χ2v) is 7.77. The summed E-state index contributed by atoms with van der Waals surface area (Å²) in [5, 5.41) is 3.70. The quantitative estimate of drug-likeness (QED) is 0.756. The third kappa shape index (κ3) is 4.91. The lowest BCUT2D eigenvalue weighted by atomic mass is 10.0. The van der Waals surface area contributed by atoms with Gasteiger partial charge in [0.05, 0.1) is 5.75 Å². The number of nitrogens with two attached hydrogens (primary N) is 1. The summed E-state index contributed by atoms with van der Waals surface area (Å²) in [6.45, 7) is 5.61. The topological polar surface area (TPSA) is 72.2 Å². The van der Waals surface area contributed by atoms with E-state index in [-0.39, 0.29) is 11.8 Å². The average Bonchev–Trinajstić information content (AvgIpc) is 3.18. The number of allylic oxidation sites excluding steroid dienone is 1. The Morgan fingerprint density at radius 1 is 1.52 bits per heavy atom. The van der Waals surface area contributed by atoms with Gasteiger partial charge in [0.25, 0.3) is 0 Å². The van der Waals surface area contributed by atoms with E-state index >= 15 is 0 Å². The largest absolute Gasteiger partial charge is 0.398 e. The maximum Gasteiger partial charge on any atom is 0.216 e. The summed E-state index contributed by atoms with van der Waals surface area (Å²) in [5.41, 5.74) is 9.28. The van der Waals surface area contributed by atoms with Gasteiger partial charge in [0.15, 0.2) is 0 Å². The van der Waals surface area contributed by atoms with Crippen LogP contribution in [0.3, 0.4) is 0 Å². The Balaban J connectivity index is 2.13. The lowest BCUT2D eigenvalue weighted by Crippen LogP contribution is -2.27. The van der Waals surface area contributed by atoms with Crippen molar-refractivity contribution in [3.8, 4) is 0 Å². The van der Waals surface area contributed by atoms with Crippen LogP contribution in [0.15, 0.2) is 35.6 Å². The number of hydrogen-bond acceptors (Lipinski definition) is 4. The molecule has 4 nitrogen and oxygen atoms in total. The van der Waals surface area contributed by atoms with E-state index < -0.39 is 10.0 Å². The molecule has 0 saturated heterocycles. The van der Waals surface area contributed by atoms with E-state index in [4.69, 9.17) is 5.73 Å². The van der Waals surface area contributed by atoms with Crippen molar-refractivity contribution in [1.29, 1.82) is 0 Å². The standard InChI is InChI=1S/C15H20N2O2S2/c1-3-20-9-11(2)14-7-4-12(8-15(14)16)10-21(18,19)17-13-5-6-13/h3-4,7-9,13,17H,1,5-6,10,16H2,2H3/b11-9+. The highest BCUT2D eigenvalue weighted by Crippen LogP contribution is 2.26. The van der Waals surface area contributed by atoms with Crippen LogP contribution in [0, 0.1) is 0 Å². The first-order valence-electron chi connectivity index (χ1n) is 6.73. The summed E-state index contributed by atoms with van der Waals surface area (Å²) in [4.78, 5) is 0. The number of anilines is 1. The van der Waals surface area contributed by atoms with Gasteiger partial charge in [-0.15, -0.1) is 11.8 Å². The zero-order chi connectivity index (χ0) is 15.5. The van der Waals surface area contributed by atoms with Crippen LogP contribution < -0.4 is 10.5 Å². The second kappa shape index (κ2) is 6.68. The van der Waals surface area contributed by atoms with Gasteiger partial charge in [-0.1, -0.05) is 18.7 Å². The van der Waals surface area contributed by atoms with Crippen molar-refractivity contribution in [2.24, 2.45) is 0 Å². The van der Waals surface area contributed by atoms with Gasteiger partial charge in [-0.05, 0) is 47.8 Å². The Morgan fingerprint density at radius 2 is 2.24 bits per heavy atom. The summed E-state index contributed by atoms with van der Waals surface area (Å²) in [6, 6.07) is 5.55. The highest BCUT2D eigenvalue weighted by Gasteiger charge is 2.26. The first-order chi connectivity index (χ1) is 9.91. The van der Waals surface area contributed by atoms with E-state index in [0.717, 1.165) is 24.0 Å². The van der Waals surface area contributed by atoms with E-state index in [1.807, 2.05) is 24.5 Å². The Bertz CT molecular complexity index is 662. The Kier molecular flexibility index (Phi) is 5.13. The fourth-order valence-corrected chi connectivity index (χ4v) is 3.86. The number of nitrogen functional groups attached to an aromatic ring is 1. The van der Waals surface area contributed by atoms with Crippen molar-refractivity contribution in [2.75, 3.05) is 5.73 Å². The summed E-state index contributed by atoms with van der Waals surface area (Å²) in [6.07, 6.45) is 1.87. The molecular weight excluding hydrogens is 304 g/mol. The van der Waals surface area contributed by atoms with Crippen LogP contribution in [0.2, 0.25) is 0 Å². The molecule has 2 rings (SSSR count). The van der Waals surface area contributed by atoms with Crippen LogP contribution in [-0.4, -0.2) is 14.5 Å². The fraction of sp³-hybridized carbons (Fsp3) is 0.333. The molecule has 21 heavy (non-hydrogen) atoms. The van der Waals surface area contributed by atoms with E-state index in [0.29, 0.717) is 11.3 Å². The molecule has 0 aromatic heterocycles. The molecule has 1 aliphatic carbocycles. The van der Waals surface area contributed by atoms with E-state index in [9.17, 15) is 8.42 Å². The van der Waals surface area contributed by atoms with Gasteiger partial charge in [-0.25, -0.2) is 13.1 Å². The average molecular weight is 324 g/mol. The summed E-state index contributed by atoms with van der Waals surface area (Å²) in [5.74, 6) is -0.0296. The van der Waals surface area contributed by atoms with E-state index in [1.54, 1.807) is 11.5 Å². The van der Waals surface area contributed by atoms with Crippen LogP contribution >= 0.6 is 11.8 Å². The molecule has 6 heteroatoms. The van der Waals surface area contributed by atoms with Gasteiger partial charge >= 0.3 is 0 Å². The molecule has 0 unspecified atom stereocenters. The van der Waals surface area contributed by atoms with Gasteiger partial charge in [0.1, 0.15) is 0 Å². The minimum absolute atomic E-state index is 0.0296. The van der Waals surface area contributed by atoms with Crippen LogP contribution in [0.25, 0.3) is 5.57 Å². The van der Waals surface area contributed by atoms with E-state index in [2.05, 4.69) is 11.3 Å². The summed E-state index contributed by atoms with van der Waals surface area (Å²) < 4.78 is 26.6.